The predicted molar refractivity (Wildman–Crippen MR) is 69.5 cm³/mol. The van der Waals surface area contributed by atoms with Gasteiger partial charge in [-0.05, 0) is 6.92 Å². The molecular weight excluding hydrogens is 252 g/mol. The van der Waals surface area contributed by atoms with Crippen molar-refractivity contribution in [1.29, 1.82) is 0 Å². The summed E-state index contributed by atoms with van der Waals surface area (Å²) >= 11 is 0. The van der Waals surface area contributed by atoms with E-state index in [0.29, 0.717) is 6.42 Å². The first-order valence-corrected chi connectivity index (χ1v) is 6.06. The zero-order valence-corrected chi connectivity index (χ0v) is 12.1. The number of esters is 1. The zero-order valence-electron chi connectivity index (χ0n) is 12.1. The molecule has 6 heteroatoms. The zero-order chi connectivity index (χ0) is 14.7. The normalized spacial score (nSPS) is 15.6. The highest BCUT2D eigenvalue weighted by Gasteiger charge is 2.30. The highest BCUT2D eigenvalue weighted by Crippen LogP contribution is 2.16. The standard InChI is InChI=1S/C13H24O6/c1-6-7-12(19-11(3)14)13(18-9-16-5)10(2)17-8-15-4/h6,10,12-13H,1,7-9H2,2-5H3/t10-,12-,13+/m1/s1. The third kappa shape index (κ3) is 7.94. The second-order valence-corrected chi connectivity index (χ2v) is 3.99. The predicted octanol–water partition coefficient (Wildman–Crippen LogP) is 1.49. The van der Waals surface area contributed by atoms with E-state index in [1.165, 1.54) is 21.1 Å². The second-order valence-electron chi connectivity index (χ2n) is 3.99. The number of hydrogen-bond acceptors (Lipinski definition) is 6. The van der Waals surface area contributed by atoms with Gasteiger partial charge in [0.2, 0.25) is 0 Å². The number of methoxy groups -OCH3 is 2. The lowest BCUT2D eigenvalue weighted by Gasteiger charge is -2.30. The van der Waals surface area contributed by atoms with Gasteiger partial charge in [-0.25, -0.2) is 0 Å². The topological polar surface area (TPSA) is 63.2 Å². The lowest BCUT2D eigenvalue weighted by Crippen LogP contribution is -2.42. The summed E-state index contributed by atoms with van der Waals surface area (Å²) in [4.78, 5) is 11.1. The molecule has 0 N–H and O–H groups in total. The van der Waals surface area contributed by atoms with Gasteiger partial charge >= 0.3 is 5.97 Å². The molecule has 3 atom stereocenters. The van der Waals surface area contributed by atoms with Crippen LogP contribution >= 0.6 is 0 Å². The first-order chi connectivity index (χ1) is 9.06. The van der Waals surface area contributed by atoms with Crippen molar-refractivity contribution in [3.8, 4) is 0 Å². The van der Waals surface area contributed by atoms with Crippen molar-refractivity contribution in [2.75, 3.05) is 27.8 Å². The summed E-state index contributed by atoms with van der Waals surface area (Å²) in [6, 6.07) is 0. The summed E-state index contributed by atoms with van der Waals surface area (Å²) in [6.45, 7) is 7.04. The Kier molecular flexibility index (Phi) is 10.4. The van der Waals surface area contributed by atoms with E-state index in [-0.39, 0.29) is 25.7 Å². The first-order valence-electron chi connectivity index (χ1n) is 6.06. The fraction of sp³-hybridized carbons (Fsp3) is 0.769. The fourth-order valence-corrected chi connectivity index (χ4v) is 1.59. The average molecular weight is 276 g/mol. The van der Waals surface area contributed by atoms with Gasteiger partial charge in [-0.1, -0.05) is 6.08 Å². The molecule has 0 heterocycles. The van der Waals surface area contributed by atoms with Crippen LogP contribution in [0.5, 0.6) is 0 Å². The van der Waals surface area contributed by atoms with E-state index in [9.17, 15) is 4.79 Å². The van der Waals surface area contributed by atoms with Gasteiger partial charge in [-0.15, -0.1) is 6.58 Å². The van der Waals surface area contributed by atoms with E-state index in [0.717, 1.165) is 0 Å². The number of rotatable bonds is 11. The van der Waals surface area contributed by atoms with Gasteiger partial charge < -0.3 is 23.7 Å². The van der Waals surface area contributed by atoms with Crippen molar-refractivity contribution in [3.05, 3.63) is 12.7 Å². The molecule has 0 bridgehead atoms. The molecule has 0 aromatic rings. The summed E-state index contributed by atoms with van der Waals surface area (Å²) in [5, 5.41) is 0. The van der Waals surface area contributed by atoms with E-state index in [4.69, 9.17) is 23.7 Å². The van der Waals surface area contributed by atoms with Crippen LogP contribution < -0.4 is 0 Å². The van der Waals surface area contributed by atoms with Crippen molar-refractivity contribution in [2.45, 2.75) is 38.6 Å². The van der Waals surface area contributed by atoms with E-state index < -0.39 is 12.2 Å². The lowest BCUT2D eigenvalue weighted by molar-refractivity contribution is -0.192. The second kappa shape index (κ2) is 10.9. The number of hydrogen-bond donors (Lipinski definition) is 0. The molecule has 0 aromatic carbocycles. The smallest absolute Gasteiger partial charge is 0.303 e. The lowest BCUT2D eigenvalue weighted by atomic mass is 10.1. The molecule has 112 valence electrons. The molecule has 0 amide bonds. The molecule has 0 aromatic heterocycles. The van der Waals surface area contributed by atoms with E-state index in [1.54, 1.807) is 6.08 Å². The molecule has 0 aliphatic rings. The number of carbonyl (C=O) groups excluding carboxylic acids is 1. The SMILES string of the molecule is C=CC[C@@H](OC(C)=O)[C@@H](OCOC)[C@@H](C)OCOC. The minimum atomic E-state index is -0.475. The Hall–Kier alpha value is -0.950. The minimum Gasteiger partial charge on any atom is -0.459 e. The summed E-state index contributed by atoms with van der Waals surface area (Å²) in [5.41, 5.74) is 0. The Morgan fingerprint density at radius 2 is 1.79 bits per heavy atom. The van der Waals surface area contributed by atoms with Gasteiger partial charge in [0.15, 0.2) is 0 Å². The minimum absolute atomic E-state index is 0.0836. The first kappa shape index (κ1) is 18.0. The van der Waals surface area contributed by atoms with Crippen LogP contribution in [0, 0.1) is 0 Å². The van der Waals surface area contributed by atoms with Gasteiger partial charge in [0, 0.05) is 27.6 Å². The van der Waals surface area contributed by atoms with Crippen molar-refractivity contribution >= 4 is 5.97 Å². The van der Waals surface area contributed by atoms with Gasteiger partial charge in [0.05, 0.1) is 6.10 Å². The summed E-state index contributed by atoms with van der Waals surface area (Å²) < 4.78 is 25.9. The largest absolute Gasteiger partial charge is 0.459 e. The monoisotopic (exact) mass is 276 g/mol. The molecule has 0 radical (unpaired) electrons. The maximum Gasteiger partial charge on any atom is 0.303 e. The highest BCUT2D eigenvalue weighted by molar-refractivity contribution is 5.66. The summed E-state index contributed by atoms with van der Waals surface area (Å²) in [5.74, 6) is -0.378. The van der Waals surface area contributed by atoms with Crippen molar-refractivity contribution < 1.29 is 28.5 Å². The third-order valence-corrected chi connectivity index (χ3v) is 2.37. The number of ether oxygens (including phenoxy) is 5. The molecule has 0 spiro atoms. The molecule has 0 saturated carbocycles. The maximum absolute atomic E-state index is 11.1. The van der Waals surface area contributed by atoms with E-state index >= 15 is 0 Å². The van der Waals surface area contributed by atoms with Crippen LogP contribution in [0.4, 0.5) is 0 Å². The Morgan fingerprint density at radius 1 is 1.21 bits per heavy atom. The number of carbonyl (C=O) groups is 1. The third-order valence-electron chi connectivity index (χ3n) is 2.37. The fourth-order valence-electron chi connectivity index (χ4n) is 1.59. The summed E-state index contributed by atoms with van der Waals surface area (Å²) in [6.07, 6.45) is 0.877. The van der Waals surface area contributed by atoms with Crippen LogP contribution in [-0.2, 0) is 28.5 Å². The van der Waals surface area contributed by atoms with Crippen LogP contribution in [0.3, 0.4) is 0 Å². The Morgan fingerprint density at radius 3 is 2.26 bits per heavy atom. The quantitative estimate of drug-likeness (QED) is 0.324. The van der Waals surface area contributed by atoms with Crippen molar-refractivity contribution in [1.82, 2.24) is 0 Å². The van der Waals surface area contributed by atoms with Crippen LogP contribution in [0.25, 0.3) is 0 Å². The highest BCUT2D eigenvalue weighted by atomic mass is 16.7. The molecule has 0 unspecified atom stereocenters. The van der Waals surface area contributed by atoms with Gasteiger partial charge in [0.25, 0.3) is 0 Å². The molecular formula is C13H24O6. The van der Waals surface area contributed by atoms with Crippen molar-refractivity contribution in [3.63, 3.8) is 0 Å². The maximum atomic E-state index is 11.1. The summed E-state index contributed by atoms with van der Waals surface area (Å²) in [7, 11) is 3.05. The van der Waals surface area contributed by atoms with Crippen LogP contribution in [0.1, 0.15) is 20.3 Å². The Balaban J connectivity index is 4.70. The molecule has 19 heavy (non-hydrogen) atoms. The molecule has 0 fully saturated rings. The molecule has 0 saturated heterocycles. The molecule has 0 aliphatic heterocycles. The van der Waals surface area contributed by atoms with Crippen LogP contribution in [-0.4, -0.2) is 52.1 Å². The van der Waals surface area contributed by atoms with Crippen molar-refractivity contribution in [2.24, 2.45) is 0 Å². The van der Waals surface area contributed by atoms with Crippen LogP contribution in [0.15, 0.2) is 12.7 Å². The van der Waals surface area contributed by atoms with Crippen LogP contribution in [0.2, 0.25) is 0 Å². The molecule has 0 rings (SSSR count). The van der Waals surface area contributed by atoms with Gasteiger partial charge in [-0.2, -0.15) is 0 Å². The Labute approximate surface area is 114 Å². The molecule has 6 nitrogen and oxygen atoms in total. The van der Waals surface area contributed by atoms with E-state index in [1.807, 2.05) is 6.92 Å². The molecule has 0 aliphatic carbocycles. The van der Waals surface area contributed by atoms with E-state index in [2.05, 4.69) is 6.58 Å². The average Bonchev–Trinajstić information content (AvgIpc) is 2.36. The Bertz CT molecular complexity index is 256. The van der Waals surface area contributed by atoms with Gasteiger partial charge in [0.1, 0.15) is 25.8 Å². The van der Waals surface area contributed by atoms with Gasteiger partial charge in [-0.3, -0.25) is 4.79 Å².